The molecule has 1 N–H and O–H groups in total. The predicted octanol–water partition coefficient (Wildman–Crippen LogP) is 2.69. The number of nitrogens with zero attached hydrogens (tertiary/aromatic N) is 1. The van der Waals surface area contributed by atoms with Crippen LogP contribution in [0.1, 0.15) is 22.8 Å². The molecule has 1 heterocycles. The number of benzene rings is 1. The second-order valence-electron chi connectivity index (χ2n) is 4.21. The highest BCUT2D eigenvalue weighted by atomic mass is 19.1. The average Bonchev–Trinajstić information content (AvgIpc) is 2.46. The van der Waals surface area contributed by atoms with E-state index in [1.165, 1.54) is 0 Å². The van der Waals surface area contributed by atoms with Crippen molar-refractivity contribution >= 4 is 5.91 Å². The number of nitrogens with one attached hydrogen (secondary N) is 1. The Bertz CT molecular complexity index is 647. The van der Waals surface area contributed by atoms with Gasteiger partial charge in [0.15, 0.2) is 0 Å². The van der Waals surface area contributed by atoms with Gasteiger partial charge in [0.05, 0.1) is 12.2 Å². The van der Waals surface area contributed by atoms with Crippen molar-refractivity contribution in [3.63, 3.8) is 0 Å². The number of carbonyl (C=O) groups is 1. The van der Waals surface area contributed by atoms with Crippen molar-refractivity contribution in [1.29, 1.82) is 0 Å². The maximum Gasteiger partial charge on any atom is 0.254 e. The number of ether oxygens (including phenoxy) is 1. The molecule has 0 spiro atoms. The summed E-state index contributed by atoms with van der Waals surface area (Å²) in [5.74, 6) is -1.84. The van der Waals surface area contributed by atoms with Crippen LogP contribution in [-0.2, 0) is 6.54 Å². The summed E-state index contributed by atoms with van der Waals surface area (Å²) in [4.78, 5) is 15.9. The molecule has 0 bridgehead atoms. The van der Waals surface area contributed by atoms with E-state index in [1.54, 1.807) is 18.3 Å². The summed E-state index contributed by atoms with van der Waals surface area (Å²) >= 11 is 0. The summed E-state index contributed by atoms with van der Waals surface area (Å²) in [7, 11) is 0. The lowest BCUT2D eigenvalue weighted by atomic mass is 10.2. The summed E-state index contributed by atoms with van der Waals surface area (Å²) in [6.07, 6.45) is 1.58. The third-order valence-electron chi connectivity index (χ3n) is 2.75. The Balaban J connectivity index is 2.07. The van der Waals surface area contributed by atoms with Gasteiger partial charge in [-0.1, -0.05) is 6.07 Å². The summed E-state index contributed by atoms with van der Waals surface area (Å²) in [6, 6.07) is 6.27. The van der Waals surface area contributed by atoms with Crippen LogP contribution in [0.4, 0.5) is 8.78 Å². The number of pyridine rings is 1. The average molecular weight is 292 g/mol. The second-order valence-corrected chi connectivity index (χ2v) is 4.21. The molecule has 0 aliphatic rings. The highest BCUT2D eigenvalue weighted by molar-refractivity contribution is 5.94. The fourth-order valence-electron chi connectivity index (χ4n) is 1.77. The van der Waals surface area contributed by atoms with Gasteiger partial charge >= 0.3 is 0 Å². The highest BCUT2D eigenvalue weighted by Gasteiger charge is 2.13. The van der Waals surface area contributed by atoms with Crippen molar-refractivity contribution < 1.29 is 18.3 Å². The molecule has 4 nitrogen and oxygen atoms in total. The highest BCUT2D eigenvalue weighted by Crippen LogP contribution is 2.15. The molecule has 21 heavy (non-hydrogen) atoms. The number of halogens is 2. The number of hydrogen-bond acceptors (Lipinski definition) is 3. The van der Waals surface area contributed by atoms with E-state index in [4.69, 9.17) is 4.74 Å². The molecule has 0 atom stereocenters. The number of aromatic nitrogens is 1. The van der Waals surface area contributed by atoms with Crippen molar-refractivity contribution in [3.05, 3.63) is 59.3 Å². The van der Waals surface area contributed by atoms with E-state index in [0.29, 0.717) is 24.1 Å². The number of amides is 1. The molecule has 2 aromatic rings. The van der Waals surface area contributed by atoms with E-state index in [9.17, 15) is 13.6 Å². The molecule has 0 radical (unpaired) electrons. The van der Waals surface area contributed by atoms with Crippen molar-refractivity contribution in [1.82, 2.24) is 10.3 Å². The minimum absolute atomic E-state index is 0.138. The Morgan fingerprint density at radius 3 is 2.86 bits per heavy atom. The van der Waals surface area contributed by atoms with E-state index in [-0.39, 0.29) is 12.1 Å². The smallest absolute Gasteiger partial charge is 0.254 e. The largest absolute Gasteiger partial charge is 0.478 e. The Morgan fingerprint density at radius 2 is 2.14 bits per heavy atom. The number of carbonyl (C=O) groups excluding carboxylic acids is 1. The van der Waals surface area contributed by atoms with Crippen LogP contribution in [0.25, 0.3) is 0 Å². The molecule has 110 valence electrons. The summed E-state index contributed by atoms with van der Waals surface area (Å²) in [5, 5.41) is 2.55. The lowest BCUT2D eigenvalue weighted by Gasteiger charge is -2.10. The van der Waals surface area contributed by atoms with E-state index in [0.717, 1.165) is 12.1 Å². The molecule has 0 fully saturated rings. The molecule has 1 aromatic heterocycles. The Morgan fingerprint density at radius 1 is 1.33 bits per heavy atom. The first-order chi connectivity index (χ1) is 10.1. The maximum absolute atomic E-state index is 13.5. The fraction of sp³-hybridized carbons (Fsp3) is 0.200. The van der Waals surface area contributed by atoms with Gasteiger partial charge in [-0.05, 0) is 25.1 Å². The molecule has 0 aliphatic carbocycles. The van der Waals surface area contributed by atoms with Crippen LogP contribution in [0.2, 0.25) is 0 Å². The minimum atomic E-state index is -0.899. The first-order valence-corrected chi connectivity index (χ1v) is 6.41. The SMILES string of the molecule is CCOc1ncccc1CNC(=O)c1ccc(F)cc1F. The van der Waals surface area contributed by atoms with Crippen LogP contribution in [0.5, 0.6) is 5.88 Å². The van der Waals surface area contributed by atoms with E-state index >= 15 is 0 Å². The molecular weight excluding hydrogens is 278 g/mol. The lowest BCUT2D eigenvalue weighted by Crippen LogP contribution is -2.24. The van der Waals surface area contributed by atoms with Gasteiger partial charge in [0.25, 0.3) is 5.91 Å². The standard InChI is InChI=1S/C15H14F2N2O2/c1-2-21-15-10(4-3-7-18-15)9-19-14(20)12-6-5-11(16)8-13(12)17/h3-8H,2,9H2,1H3,(H,19,20). The quantitative estimate of drug-likeness (QED) is 0.921. The van der Waals surface area contributed by atoms with Gasteiger partial charge in [-0.15, -0.1) is 0 Å². The summed E-state index contributed by atoms with van der Waals surface area (Å²) in [6.45, 7) is 2.41. The lowest BCUT2D eigenvalue weighted by molar-refractivity contribution is 0.0946. The topological polar surface area (TPSA) is 51.2 Å². The third-order valence-corrected chi connectivity index (χ3v) is 2.75. The summed E-state index contributed by atoms with van der Waals surface area (Å²) < 4.78 is 31.6. The molecular formula is C15H14F2N2O2. The third kappa shape index (κ3) is 3.75. The van der Waals surface area contributed by atoms with Crippen molar-refractivity contribution in [2.75, 3.05) is 6.61 Å². The second kappa shape index (κ2) is 6.78. The maximum atomic E-state index is 13.5. The molecule has 0 saturated heterocycles. The van der Waals surface area contributed by atoms with Crippen LogP contribution in [-0.4, -0.2) is 17.5 Å². The van der Waals surface area contributed by atoms with Gasteiger partial charge in [-0.2, -0.15) is 0 Å². The molecule has 1 aromatic carbocycles. The van der Waals surface area contributed by atoms with Crippen LogP contribution >= 0.6 is 0 Å². The molecule has 1 amide bonds. The van der Waals surface area contributed by atoms with Crippen LogP contribution < -0.4 is 10.1 Å². The van der Waals surface area contributed by atoms with Gasteiger partial charge < -0.3 is 10.1 Å². The van der Waals surface area contributed by atoms with Crippen LogP contribution in [0.15, 0.2) is 36.5 Å². The van der Waals surface area contributed by atoms with Crippen molar-refractivity contribution in [2.45, 2.75) is 13.5 Å². The first-order valence-electron chi connectivity index (χ1n) is 6.41. The van der Waals surface area contributed by atoms with Gasteiger partial charge in [-0.25, -0.2) is 13.8 Å². The van der Waals surface area contributed by atoms with Gasteiger partial charge in [0.2, 0.25) is 5.88 Å². The Labute approximate surface area is 120 Å². The van der Waals surface area contributed by atoms with Crippen molar-refractivity contribution in [3.8, 4) is 5.88 Å². The Hall–Kier alpha value is -2.50. The Kier molecular flexibility index (Phi) is 4.81. The fourth-order valence-corrected chi connectivity index (χ4v) is 1.77. The predicted molar refractivity (Wildman–Crippen MR) is 72.9 cm³/mol. The van der Waals surface area contributed by atoms with Crippen LogP contribution in [0, 0.1) is 11.6 Å². The molecule has 0 saturated carbocycles. The molecule has 0 aliphatic heterocycles. The first kappa shape index (κ1) is 14.9. The zero-order valence-electron chi connectivity index (χ0n) is 11.4. The van der Waals surface area contributed by atoms with E-state index < -0.39 is 17.5 Å². The van der Waals surface area contributed by atoms with Gasteiger partial charge in [0, 0.05) is 24.4 Å². The van der Waals surface area contributed by atoms with Crippen molar-refractivity contribution in [2.24, 2.45) is 0 Å². The normalized spacial score (nSPS) is 10.2. The number of hydrogen-bond donors (Lipinski definition) is 1. The summed E-state index contributed by atoms with van der Waals surface area (Å²) in [5.41, 5.74) is 0.466. The minimum Gasteiger partial charge on any atom is -0.478 e. The van der Waals surface area contributed by atoms with Gasteiger partial charge in [0.1, 0.15) is 11.6 Å². The zero-order chi connectivity index (χ0) is 15.2. The molecule has 6 heteroatoms. The molecule has 0 unspecified atom stereocenters. The van der Waals surface area contributed by atoms with E-state index in [2.05, 4.69) is 10.3 Å². The molecule has 2 rings (SSSR count). The van der Waals surface area contributed by atoms with Gasteiger partial charge in [-0.3, -0.25) is 4.79 Å². The zero-order valence-corrected chi connectivity index (χ0v) is 11.4. The van der Waals surface area contributed by atoms with Crippen LogP contribution in [0.3, 0.4) is 0 Å². The number of rotatable bonds is 5. The monoisotopic (exact) mass is 292 g/mol. The van der Waals surface area contributed by atoms with E-state index in [1.807, 2.05) is 6.92 Å².